The van der Waals surface area contributed by atoms with Gasteiger partial charge >= 0.3 is 11.7 Å². The predicted molar refractivity (Wildman–Crippen MR) is 109 cm³/mol. The van der Waals surface area contributed by atoms with E-state index < -0.39 is 26.7 Å². The number of nitrogens with one attached hydrogen (secondary N) is 1. The van der Waals surface area contributed by atoms with Crippen LogP contribution in [-0.4, -0.2) is 92.3 Å². The highest BCUT2D eigenvalue weighted by atomic mass is 32.2. The van der Waals surface area contributed by atoms with Gasteiger partial charge in [0.15, 0.2) is 5.75 Å². The number of nitrogens with zero attached hydrogens (tertiary/aromatic N) is 4. The van der Waals surface area contributed by atoms with Gasteiger partial charge in [-0.15, -0.1) is 0 Å². The van der Waals surface area contributed by atoms with Crippen LogP contribution in [0.15, 0.2) is 23.1 Å². The molecule has 3 rings (SSSR count). The molecule has 0 aliphatic carbocycles. The first-order chi connectivity index (χ1) is 14.7. The van der Waals surface area contributed by atoms with Crippen LogP contribution in [0.5, 0.6) is 5.75 Å². The summed E-state index contributed by atoms with van der Waals surface area (Å²) in [6, 6.07) is 3.04. The average Bonchev–Trinajstić information content (AvgIpc) is 3.32. The summed E-state index contributed by atoms with van der Waals surface area (Å²) in [6.07, 6.45) is 1.93. The van der Waals surface area contributed by atoms with Crippen LogP contribution in [0, 0.1) is 10.1 Å². The van der Waals surface area contributed by atoms with E-state index in [4.69, 9.17) is 4.74 Å². The van der Waals surface area contributed by atoms with Gasteiger partial charge in [0.05, 0.1) is 23.5 Å². The summed E-state index contributed by atoms with van der Waals surface area (Å²) in [5.41, 5.74) is -0.441. The molecule has 2 aliphatic rings. The fourth-order valence-electron chi connectivity index (χ4n) is 3.59. The van der Waals surface area contributed by atoms with Crippen LogP contribution in [0.1, 0.15) is 12.8 Å². The Morgan fingerprint density at radius 3 is 2.32 bits per heavy atom. The van der Waals surface area contributed by atoms with Gasteiger partial charge in [-0.25, -0.2) is 13.2 Å². The molecule has 1 N–H and O–H groups in total. The second-order valence-corrected chi connectivity index (χ2v) is 9.17. The smallest absolute Gasteiger partial charge is 0.317 e. The minimum absolute atomic E-state index is 0.0334. The SMILES string of the molecule is COc1ccc(S(=O)(=O)N2CCN(C(=O)NCC(=O)N3CCCC3)CC2)cc1[N+](=O)[O-]. The molecular formula is C18H25N5O7S. The lowest BCUT2D eigenvalue weighted by Gasteiger charge is -2.34. The van der Waals surface area contributed by atoms with Gasteiger partial charge in [-0.3, -0.25) is 14.9 Å². The number of nitro groups is 1. The fraction of sp³-hybridized carbons (Fsp3) is 0.556. The van der Waals surface area contributed by atoms with Crippen molar-refractivity contribution in [1.29, 1.82) is 0 Å². The molecule has 31 heavy (non-hydrogen) atoms. The molecule has 0 atom stereocenters. The number of methoxy groups -OCH3 is 1. The molecule has 2 fully saturated rings. The van der Waals surface area contributed by atoms with E-state index in [9.17, 15) is 28.1 Å². The lowest BCUT2D eigenvalue weighted by atomic mass is 10.3. The van der Waals surface area contributed by atoms with Gasteiger partial charge < -0.3 is 19.9 Å². The van der Waals surface area contributed by atoms with Crippen molar-refractivity contribution in [3.8, 4) is 5.75 Å². The monoisotopic (exact) mass is 455 g/mol. The molecule has 0 aromatic heterocycles. The molecular weight excluding hydrogens is 430 g/mol. The Hall–Kier alpha value is -2.93. The maximum atomic E-state index is 12.9. The average molecular weight is 455 g/mol. The number of sulfonamides is 1. The van der Waals surface area contributed by atoms with Crippen molar-refractivity contribution in [2.75, 3.05) is 52.9 Å². The summed E-state index contributed by atoms with van der Waals surface area (Å²) in [5, 5.41) is 13.8. The van der Waals surface area contributed by atoms with Crippen molar-refractivity contribution >= 4 is 27.6 Å². The number of nitro benzene ring substituents is 1. The number of urea groups is 1. The number of likely N-dealkylation sites (tertiary alicyclic amines) is 1. The molecule has 0 bridgehead atoms. The Morgan fingerprint density at radius 2 is 1.74 bits per heavy atom. The van der Waals surface area contributed by atoms with Gasteiger partial charge in [-0.2, -0.15) is 4.31 Å². The fourth-order valence-corrected chi connectivity index (χ4v) is 5.04. The van der Waals surface area contributed by atoms with Gasteiger partial charge in [0, 0.05) is 45.3 Å². The molecule has 0 radical (unpaired) electrons. The minimum Gasteiger partial charge on any atom is -0.490 e. The molecule has 170 valence electrons. The Kier molecular flexibility index (Phi) is 6.95. The summed E-state index contributed by atoms with van der Waals surface area (Å²) >= 11 is 0. The van der Waals surface area contributed by atoms with E-state index in [1.807, 2.05) is 0 Å². The highest BCUT2D eigenvalue weighted by Crippen LogP contribution is 2.30. The van der Waals surface area contributed by atoms with Crippen LogP contribution in [0.2, 0.25) is 0 Å². The maximum Gasteiger partial charge on any atom is 0.317 e. The number of amides is 3. The third-order valence-corrected chi connectivity index (χ3v) is 7.25. The van der Waals surface area contributed by atoms with Gasteiger partial charge in [0.2, 0.25) is 15.9 Å². The third-order valence-electron chi connectivity index (χ3n) is 5.36. The molecule has 3 amide bonds. The van der Waals surface area contributed by atoms with E-state index in [-0.39, 0.29) is 49.3 Å². The Bertz CT molecular complexity index is 954. The number of carbonyl (C=O) groups excluding carboxylic acids is 2. The largest absolute Gasteiger partial charge is 0.490 e. The number of piperazine rings is 1. The van der Waals surface area contributed by atoms with E-state index in [1.165, 1.54) is 28.4 Å². The number of ether oxygens (including phenoxy) is 1. The zero-order chi connectivity index (χ0) is 22.6. The second-order valence-electron chi connectivity index (χ2n) is 7.23. The van der Waals surface area contributed by atoms with Crippen molar-refractivity contribution in [3.63, 3.8) is 0 Å². The summed E-state index contributed by atoms with van der Waals surface area (Å²) in [6.45, 7) is 1.67. The molecule has 2 heterocycles. The Labute approximate surface area is 179 Å². The molecule has 0 saturated carbocycles. The lowest BCUT2D eigenvalue weighted by molar-refractivity contribution is -0.386. The lowest BCUT2D eigenvalue weighted by Crippen LogP contribution is -2.54. The first kappa shape index (κ1) is 22.7. The standard InChI is InChI=1S/C18H25N5O7S/c1-30-16-5-4-14(12-15(16)23(26)27)31(28,29)22-10-8-21(9-11-22)18(25)19-13-17(24)20-6-2-3-7-20/h4-5,12H,2-3,6-11,13H2,1H3,(H,19,25). The van der Waals surface area contributed by atoms with Crippen LogP contribution in [-0.2, 0) is 14.8 Å². The van der Waals surface area contributed by atoms with Crippen LogP contribution in [0.3, 0.4) is 0 Å². The zero-order valence-electron chi connectivity index (χ0n) is 17.2. The maximum absolute atomic E-state index is 12.9. The van der Waals surface area contributed by atoms with Gasteiger partial charge in [0.1, 0.15) is 0 Å². The summed E-state index contributed by atoms with van der Waals surface area (Å²) in [4.78, 5) is 37.8. The van der Waals surface area contributed by atoms with Crippen molar-refractivity contribution in [1.82, 2.24) is 19.4 Å². The first-order valence-electron chi connectivity index (χ1n) is 9.87. The van der Waals surface area contributed by atoms with Gasteiger partial charge in [0.25, 0.3) is 0 Å². The van der Waals surface area contributed by atoms with Gasteiger partial charge in [-0.05, 0) is 25.0 Å². The van der Waals surface area contributed by atoms with E-state index in [1.54, 1.807) is 4.90 Å². The quantitative estimate of drug-likeness (QED) is 0.478. The number of carbonyl (C=O) groups is 2. The molecule has 13 heteroatoms. The normalized spacial score (nSPS) is 17.5. The molecule has 2 aliphatic heterocycles. The predicted octanol–water partition coefficient (Wildman–Crippen LogP) is 0.242. The first-order valence-corrected chi connectivity index (χ1v) is 11.3. The summed E-state index contributed by atoms with van der Waals surface area (Å²) in [5.74, 6) is -0.165. The van der Waals surface area contributed by atoms with E-state index in [0.29, 0.717) is 13.1 Å². The highest BCUT2D eigenvalue weighted by Gasteiger charge is 2.32. The van der Waals surface area contributed by atoms with Crippen LogP contribution in [0.4, 0.5) is 10.5 Å². The van der Waals surface area contributed by atoms with Crippen molar-refractivity contribution in [2.24, 2.45) is 0 Å². The van der Waals surface area contributed by atoms with E-state index in [2.05, 4.69) is 5.32 Å². The molecule has 1 aromatic rings. The van der Waals surface area contributed by atoms with Gasteiger partial charge in [-0.1, -0.05) is 0 Å². The summed E-state index contributed by atoms with van der Waals surface area (Å²) < 4.78 is 31.9. The number of hydrogen-bond acceptors (Lipinski definition) is 7. The highest BCUT2D eigenvalue weighted by molar-refractivity contribution is 7.89. The second kappa shape index (κ2) is 9.47. The minimum atomic E-state index is -3.97. The van der Waals surface area contributed by atoms with Crippen LogP contribution >= 0.6 is 0 Å². The van der Waals surface area contributed by atoms with Crippen LogP contribution in [0.25, 0.3) is 0 Å². The van der Waals surface area contributed by atoms with Crippen LogP contribution < -0.4 is 10.1 Å². The van der Waals surface area contributed by atoms with Crippen molar-refractivity contribution < 1.29 is 27.7 Å². The topological polar surface area (TPSA) is 142 Å². The Balaban J connectivity index is 1.58. The van der Waals surface area contributed by atoms with Crippen molar-refractivity contribution in [3.05, 3.63) is 28.3 Å². The number of benzene rings is 1. The number of hydrogen-bond donors (Lipinski definition) is 1. The number of rotatable bonds is 6. The molecule has 2 saturated heterocycles. The molecule has 1 aromatic carbocycles. The van der Waals surface area contributed by atoms with E-state index in [0.717, 1.165) is 18.9 Å². The molecule has 12 nitrogen and oxygen atoms in total. The molecule has 0 spiro atoms. The zero-order valence-corrected chi connectivity index (χ0v) is 18.0. The Morgan fingerprint density at radius 1 is 1.10 bits per heavy atom. The summed E-state index contributed by atoms with van der Waals surface area (Å²) in [7, 11) is -2.71. The third kappa shape index (κ3) is 5.05. The van der Waals surface area contributed by atoms with E-state index >= 15 is 0 Å². The van der Waals surface area contributed by atoms with Crippen molar-refractivity contribution in [2.45, 2.75) is 17.7 Å². The molecule has 0 unspecified atom stereocenters.